The Morgan fingerprint density at radius 1 is 1.07 bits per heavy atom. The van der Waals surface area contributed by atoms with E-state index in [2.05, 4.69) is 4.98 Å². The lowest BCUT2D eigenvalue weighted by atomic mass is 10.1. The van der Waals surface area contributed by atoms with Crippen LogP contribution in [0.25, 0.3) is 0 Å². The van der Waals surface area contributed by atoms with Crippen LogP contribution in [0.1, 0.15) is 40.0 Å². The maximum atomic E-state index is 14.4. The van der Waals surface area contributed by atoms with Crippen molar-refractivity contribution in [2.75, 3.05) is 20.3 Å². The summed E-state index contributed by atoms with van der Waals surface area (Å²) in [5, 5.41) is -0.173. The van der Waals surface area contributed by atoms with Crippen molar-refractivity contribution < 1.29 is 27.1 Å². The van der Waals surface area contributed by atoms with Crippen LogP contribution in [-0.4, -0.2) is 55.1 Å². The number of nitrogens with zero attached hydrogens (tertiary/aromatic N) is 3. The lowest BCUT2D eigenvalue weighted by Crippen LogP contribution is -2.37. The fraction of sp³-hybridized carbons (Fsp3) is 0.290. The second-order valence-electron chi connectivity index (χ2n) is 10.0. The number of hydrogen-bond donors (Lipinski definition) is 0. The molecule has 4 aromatic rings. The highest BCUT2D eigenvalue weighted by molar-refractivity contribution is 7.90. The number of amides is 1. The SMILES string of the molecule is COc1ccc(C(=O)N(Cc2cnc(S(=O)(=O)Cc3ccccc3F)n2Cc2ccccc2)CC2CCCO2)cc1. The van der Waals surface area contributed by atoms with Crippen molar-refractivity contribution in [3.05, 3.63) is 113 Å². The van der Waals surface area contributed by atoms with Crippen LogP contribution in [0.15, 0.2) is 90.2 Å². The average molecular weight is 578 g/mol. The van der Waals surface area contributed by atoms with Gasteiger partial charge in [0, 0.05) is 24.3 Å². The number of rotatable bonds is 11. The molecule has 1 aromatic heterocycles. The van der Waals surface area contributed by atoms with Gasteiger partial charge in [-0.1, -0.05) is 48.5 Å². The van der Waals surface area contributed by atoms with E-state index < -0.39 is 21.4 Å². The fourth-order valence-electron chi connectivity index (χ4n) is 4.95. The summed E-state index contributed by atoms with van der Waals surface area (Å²) in [7, 11) is -2.47. The maximum Gasteiger partial charge on any atom is 0.254 e. The molecule has 1 unspecified atom stereocenters. The summed E-state index contributed by atoms with van der Waals surface area (Å²) in [6, 6.07) is 22.1. The molecule has 1 aliphatic rings. The molecule has 0 saturated carbocycles. The Balaban J connectivity index is 1.51. The van der Waals surface area contributed by atoms with Crippen LogP contribution in [-0.2, 0) is 33.4 Å². The van der Waals surface area contributed by atoms with Crippen LogP contribution in [0.3, 0.4) is 0 Å². The number of benzene rings is 3. The van der Waals surface area contributed by atoms with E-state index in [0.29, 0.717) is 30.2 Å². The number of methoxy groups -OCH3 is 1. The zero-order valence-corrected chi connectivity index (χ0v) is 23.6. The quantitative estimate of drug-likeness (QED) is 0.253. The third-order valence-electron chi connectivity index (χ3n) is 7.09. The minimum atomic E-state index is -4.03. The van der Waals surface area contributed by atoms with Gasteiger partial charge in [0.05, 0.1) is 43.9 Å². The normalized spacial score (nSPS) is 15.1. The Kier molecular flexibility index (Phi) is 8.80. The molecule has 0 radical (unpaired) electrons. The highest BCUT2D eigenvalue weighted by Gasteiger charge is 2.29. The van der Waals surface area contributed by atoms with E-state index >= 15 is 0 Å². The second-order valence-corrected chi connectivity index (χ2v) is 11.9. The molecule has 1 atom stereocenters. The van der Waals surface area contributed by atoms with E-state index in [1.165, 1.54) is 24.4 Å². The van der Waals surface area contributed by atoms with Gasteiger partial charge >= 0.3 is 0 Å². The first-order valence-electron chi connectivity index (χ1n) is 13.4. The molecule has 0 spiro atoms. The van der Waals surface area contributed by atoms with E-state index in [-0.39, 0.29) is 35.8 Å². The molecular formula is C31H32FN3O5S. The Hall–Kier alpha value is -4.02. The van der Waals surface area contributed by atoms with Crippen LogP contribution < -0.4 is 4.74 Å². The number of aromatic nitrogens is 2. The van der Waals surface area contributed by atoms with Crippen molar-refractivity contribution in [2.45, 2.75) is 42.9 Å². The molecule has 0 bridgehead atoms. The molecule has 2 heterocycles. The monoisotopic (exact) mass is 577 g/mol. The van der Waals surface area contributed by atoms with E-state index in [1.807, 2.05) is 30.3 Å². The highest BCUT2D eigenvalue weighted by Crippen LogP contribution is 2.24. The topological polar surface area (TPSA) is 90.7 Å². The van der Waals surface area contributed by atoms with Crippen molar-refractivity contribution in [2.24, 2.45) is 0 Å². The number of ether oxygens (including phenoxy) is 2. The van der Waals surface area contributed by atoms with E-state index in [9.17, 15) is 17.6 Å². The van der Waals surface area contributed by atoms with Crippen LogP contribution in [0, 0.1) is 5.82 Å². The number of hydrogen-bond acceptors (Lipinski definition) is 6. The average Bonchev–Trinajstić information content (AvgIpc) is 3.64. The number of carbonyl (C=O) groups is 1. The molecule has 0 N–H and O–H groups in total. The Morgan fingerprint density at radius 2 is 1.80 bits per heavy atom. The van der Waals surface area contributed by atoms with E-state index in [0.717, 1.165) is 18.4 Å². The van der Waals surface area contributed by atoms with Gasteiger partial charge in [0.15, 0.2) is 0 Å². The van der Waals surface area contributed by atoms with Gasteiger partial charge in [-0.05, 0) is 48.7 Å². The number of imidazole rings is 1. The van der Waals surface area contributed by atoms with Crippen LogP contribution in [0.5, 0.6) is 5.75 Å². The molecule has 41 heavy (non-hydrogen) atoms. The van der Waals surface area contributed by atoms with Gasteiger partial charge in [-0.15, -0.1) is 0 Å². The third-order valence-corrected chi connectivity index (χ3v) is 8.66. The standard InChI is InChI=1S/C31H32FN3O5S/c1-39-27-15-13-24(14-16-27)30(36)34(21-28-11-7-17-40-28)20-26-18-33-31(35(26)19-23-8-3-2-4-9-23)41(37,38)22-25-10-5-6-12-29(25)32/h2-6,8-10,12-16,18,28H,7,11,17,19-22H2,1H3. The summed E-state index contributed by atoms with van der Waals surface area (Å²) in [5.74, 6) is -0.704. The van der Waals surface area contributed by atoms with Gasteiger partial charge in [-0.2, -0.15) is 0 Å². The fourth-order valence-corrected chi connectivity index (χ4v) is 6.45. The number of sulfone groups is 1. The van der Waals surface area contributed by atoms with Crippen molar-refractivity contribution in [1.29, 1.82) is 0 Å². The molecular weight excluding hydrogens is 545 g/mol. The first-order valence-corrected chi connectivity index (χ1v) is 15.1. The molecule has 1 saturated heterocycles. The minimum Gasteiger partial charge on any atom is -0.497 e. The molecule has 1 amide bonds. The molecule has 1 fully saturated rings. The van der Waals surface area contributed by atoms with Crippen LogP contribution in [0.2, 0.25) is 0 Å². The molecule has 3 aromatic carbocycles. The molecule has 0 aliphatic carbocycles. The third kappa shape index (κ3) is 6.83. The predicted octanol–water partition coefficient (Wildman–Crippen LogP) is 4.87. The zero-order valence-electron chi connectivity index (χ0n) is 22.8. The number of halogens is 1. The molecule has 1 aliphatic heterocycles. The van der Waals surface area contributed by atoms with Crippen molar-refractivity contribution in [1.82, 2.24) is 14.5 Å². The van der Waals surface area contributed by atoms with Gasteiger partial charge < -0.3 is 18.9 Å². The van der Waals surface area contributed by atoms with E-state index in [1.54, 1.807) is 46.9 Å². The first-order chi connectivity index (χ1) is 19.8. The van der Waals surface area contributed by atoms with Gasteiger partial charge in [0.25, 0.3) is 5.91 Å². The largest absolute Gasteiger partial charge is 0.497 e. The molecule has 8 nitrogen and oxygen atoms in total. The summed E-state index contributed by atoms with van der Waals surface area (Å²) in [4.78, 5) is 19.7. The zero-order chi connectivity index (χ0) is 28.8. The molecule has 10 heteroatoms. The van der Waals surface area contributed by atoms with Crippen molar-refractivity contribution in [3.63, 3.8) is 0 Å². The van der Waals surface area contributed by atoms with Crippen molar-refractivity contribution >= 4 is 15.7 Å². The second kappa shape index (κ2) is 12.7. The maximum absolute atomic E-state index is 14.4. The predicted molar refractivity (Wildman–Crippen MR) is 152 cm³/mol. The van der Waals surface area contributed by atoms with E-state index in [4.69, 9.17) is 9.47 Å². The lowest BCUT2D eigenvalue weighted by molar-refractivity contribution is 0.0501. The van der Waals surface area contributed by atoms with Gasteiger partial charge in [0.2, 0.25) is 15.0 Å². The molecule has 5 rings (SSSR count). The summed E-state index contributed by atoms with van der Waals surface area (Å²) < 4.78 is 54.3. The first kappa shape index (κ1) is 28.5. The Bertz CT molecular complexity index is 1580. The summed E-state index contributed by atoms with van der Waals surface area (Å²) in [5.41, 5.74) is 1.95. The minimum absolute atomic E-state index is 0.0676. The number of carbonyl (C=O) groups excluding carboxylic acids is 1. The van der Waals surface area contributed by atoms with Gasteiger partial charge in [-0.25, -0.2) is 17.8 Å². The summed E-state index contributed by atoms with van der Waals surface area (Å²) in [6.45, 7) is 1.31. The lowest BCUT2D eigenvalue weighted by Gasteiger charge is -2.26. The summed E-state index contributed by atoms with van der Waals surface area (Å²) >= 11 is 0. The molecule has 214 valence electrons. The Labute approximate surface area is 239 Å². The Morgan fingerprint density at radius 3 is 2.49 bits per heavy atom. The summed E-state index contributed by atoms with van der Waals surface area (Å²) in [6.07, 6.45) is 3.12. The van der Waals surface area contributed by atoms with Crippen LogP contribution >= 0.6 is 0 Å². The van der Waals surface area contributed by atoms with Crippen LogP contribution in [0.4, 0.5) is 4.39 Å². The smallest absolute Gasteiger partial charge is 0.254 e. The van der Waals surface area contributed by atoms with Crippen molar-refractivity contribution in [3.8, 4) is 5.75 Å². The highest BCUT2D eigenvalue weighted by atomic mass is 32.2. The van der Waals surface area contributed by atoms with Gasteiger partial charge in [-0.3, -0.25) is 4.79 Å². The van der Waals surface area contributed by atoms with Gasteiger partial charge in [0.1, 0.15) is 11.6 Å².